The smallest absolute Gasteiger partial charge is 0.314 e. The van der Waals surface area contributed by atoms with Gasteiger partial charge in [0, 0.05) is 6.04 Å². The Labute approximate surface area is 93.0 Å². The van der Waals surface area contributed by atoms with E-state index in [4.69, 9.17) is 0 Å². The van der Waals surface area contributed by atoms with Crippen LogP contribution in [0.15, 0.2) is 30.3 Å². The van der Waals surface area contributed by atoms with Crippen LogP contribution < -0.4 is 5.32 Å². The quantitative estimate of drug-likeness (QED) is 0.838. The molecule has 1 rings (SSSR count). The van der Waals surface area contributed by atoms with Gasteiger partial charge in [-0.3, -0.25) is 0 Å². The van der Waals surface area contributed by atoms with Crippen molar-refractivity contribution >= 4 is 6.08 Å². The van der Waals surface area contributed by atoms with Gasteiger partial charge in [-0.1, -0.05) is 24.3 Å². The first kappa shape index (κ1) is 12.8. The summed E-state index contributed by atoms with van der Waals surface area (Å²) in [7, 11) is 1.82. The van der Waals surface area contributed by atoms with E-state index >= 15 is 0 Å². The van der Waals surface area contributed by atoms with Gasteiger partial charge in [0.25, 0.3) is 0 Å². The summed E-state index contributed by atoms with van der Waals surface area (Å²) in [5.41, 5.74) is 0.140. The Morgan fingerprint density at radius 2 is 1.75 bits per heavy atom. The lowest BCUT2D eigenvalue weighted by molar-refractivity contribution is -0.137. The summed E-state index contributed by atoms with van der Waals surface area (Å²) in [5.74, 6) is 0. The van der Waals surface area contributed by atoms with Crippen LogP contribution in [0, 0.1) is 0 Å². The van der Waals surface area contributed by atoms with Crippen molar-refractivity contribution in [2.45, 2.75) is 19.1 Å². The Morgan fingerprint density at radius 1 is 1.19 bits per heavy atom. The summed E-state index contributed by atoms with van der Waals surface area (Å²) in [4.78, 5) is 0. The first-order valence-corrected chi connectivity index (χ1v) is 4.96. The van der Waals surface area contributed by atoms with E-state index in [1.54, 1.807) is 6.08 Å². The molecule has 0 aliphatic carbocycles. The average molecular weight is 229 g/mol. The lowest BCUT2D eigenvalue weighted by Crippen LogP contribution is -2.17. The Morgan fingerprint density at radius 3 is 2.19 bits per heavy atom. The molecule has 0 saturated carbocycles. The zero-order chi connectivity index (χ0) is 12.2. The lowest BCUT2D eigenvalue weighted by Gasteiger charge is -2.06. The molecular formula is C12H14F3N. The van der Waals surface area contributed by atoms with Gasteiger partial charge in [-0.2, -0.15) is 13.2 Å². The zero-order valence-electron chi connectivity index (χ0n) is 9.18. The second-order valence-electron chi connectivity index (χ2n) is 3.56. The summed E-state index contributed by atoms with van der Waals surface area (Å²) in [6.07, 6.45) is -0.579. The first-order valence-electron chi connectivity index (χ1n) is 4.96. The highest BCUT2D eigenvalue weighted by atomic mass is 19.4. The fraction of sp³-hybridized carbons (Fsp3) is 0.333. The van der Waals surface area contributed by atoms with Gasteiger partial charge in [-0.25, -0.2) is 0 Å². The largest absolute Gasteiger partial charge is 0.416 e. The maximum Gasteiger partial charge on any atom is 0.416 e. The second kappa shape index (κ2) is 5.16. The van der Waals surface area contributed by atoms with E-state index in [0.717, 1.165) is 17.7 Å². The zero-order valence-corrected chi connectivity index (χ0v) is 9.18. The molecule has 1 atom stereocenters. The third-order valence-electron chi connectivity index (χ3n) is 2.27. The van der Waals surface area contributed by atoms with Crippen molar-refractivity contribution in [1.29, 1.82) is 0 Å². The maximum atomic E-state index is 12.3. The number of halogens is 3. The van der Waals surface area contributed by atoms with Gasteiger partial charge in [-0.15, -0.1) is 0 Å². The van der Waals surface area contributed by atoms with Gasteiger partial charge >= 0.3 is 6.18 Å². The number of rotatable bonds is 3. The molecule has 0 radical (unpaired) electrons. The predicted molar refractivity (Wildman–Crippen MR) is 59.0 cm³/mol. The molecule has 0 bridgehead atoms. The molecule has 0 aliphatic rings. The number of hydrogen-bond acceptors (Lipinski definition) is 1. The van der Waals surface area contributed by atoms with Crippen molar-refractivity contribution in [2.24, 2.45) is 0 Å². The molecule has 0 amide bonds. The molecule has 4 heteroatoms. The predicted octanol–water partition coefficient (Wildman–Crippen LogP) is 3.33. The summed E-state index contributed by atoms with van der Waals surface area (Å²) in [6, 6.07) is 5.29. The van der Waals surface area contributed by atoms with Gasteiger partial charge in [-0.05, 0) is 31.7 Å². The minimum absolute atomic E-state index is 0.197. The van der Waals surface area contributed by atoms with Crippen LogP contribution in [0.4, 0.5) is 13.2 Å². The first-order chi connectivity index (χ1) is 7.43. The van der Waals surface area contributed by atoms with Crippen molar-refractivity contribution < 1.29 is 13.2 Å². The normalized spacial score (nSPS) is 14.3. The molecule has 0 saturated heterocycles. The van der Waals surface area contributed by atoms with E-state index in [1.165, 1.54) is 12.1 Å². The van der Waals surface area contributed by atoms with Crippen molar-refractivity contribution in [1.82, 2.24) is 5.32 Å². The average Bonchev–Trinajstić information content (AvgIpc) is 2.25. The van der Waals surface area contributed by atoms with Gasteiger partial charge < -0.3 is 5.32 Å². The van der Waals surface area contributed by atoms with Crippen molar-refractivity contribution in [3.05, 3.63) is 41.5 Å². The van der Waals surface area contributed by atoms with Gasteiger partial charge in [0.1, 0.15) is 0 Å². The summed E-state index contributed by atoms with van der Waals surface area (Å²) >= 11 is 0. The van der Waals surface area contributed by atoms with Crippen LogP contribution >= 0.6 is 0 Å². The Kier molecular flexibility index (Phi) is 4.12. The Bertz CT molecular complexity index is 352. The number of hydrogen-bond donors (Lipinski definition) is 1. The molecule has 1 aromatic rings. The molecule has 88 valence electrons. The highest BCUT2D eigenvalue weighted by molar-refractivity contribution is 5.50. The molecule has 16 heavy (non-hydrogen) atoms. The maximum absolute atomic E-state index is 12.3. The fourth-order valence-corrected chi connectivity index (χ4v) is 1.13. The van der Waals surface area contributed by atoms with E-state index < -0.39 is 11.7 Å². The van der Waals surface area contributed by atoms with E-state index in [2.05, 4.69) is 5.32 Å². The van der Waals surface area contributed by atoms with Crippen molar-refractivity contribution in [3.63, 3.8) is 0 Å². The molecule has 0 aliphatic heterocycles. The van der Waals surface area contributed by atoms with Crippen LogP contribution in [0.2, 0.25) is 0 Å². The van der Waals surface area contributed by atoms with Crippen LogP contribution in [0.3, 0.4) is 0 Å². The molecule has 0 fully saturated rings. The highest BCUT2D eigenvalue weighted by Gasteiger charge is 2.29. The molecule has 0 spiro atoms. The third-order valence-corrected chi connectivity index (χ3v) is 2.27. The van der Waals surface area contributed by atoms with E-state index in [0.29, 0.717) is 0 Å². The van der Waals surface area contributed by atoms with Crippen LogP contribution in [0.25, 0.3) is 6.08 Å². The lowest BCUT2D eigenvalue weighted by atomic mass is 10.1. The Balaban J connectivity index is 2.76. The minimum atomic E-state index is -4.26. The number of benzene rings is 1. The Hall–Kier alpha value is -1.29. The molecular weight excluding hydrogens is 215 g/mol. The van der Waals surface area contributed by atoms with E-state index in [1.807, 2.05) is 20.0 Å². The minimum Gasteiger partial charge on any atom is -0.314 e. The van der Waals surface area contributed by atoms with Crippen LogP contribution in [0.1, 0.15) is 18.1 Å². The van der Waals surface area contributed by atoms with Gasteiger partial charge in [0.2, 0.25) is 0 Å². The molecule has 1 unspecified atom stereocenters. The van der Waals surface area contributed by atoms with Crippen LogP contribution in [-0.4, -0.2) is 13.1 Å². The topological polar surface area (TPSA) is 12.0 Å². The monoisotopic (exact) mass is 229 g/mol. The van der Waals surface area contributed by atoms with Gasteiger partial charge in [0.15, 0.2) is 0 Å². The summed E-state index contributed by atoms with van der Waals surface area (Å²) in [5, 5.41) is 3.00. The fourth-order valence-electron chi connectivity index (χ4n) is 1.13. The summed E-state index contributed by atoms with van der Waals surface area (Å²) in [6.45, 7) is 1.96. The highest BCUT2D eigenvalue weighted by Crippen LogP contribution is 2.29. The molecule has 1 aromatic carbocycles. The number of nitrogens with one attached hydrogen (secondary N) is 1. The van der Waals surface area contributed by atoms with Crippen LogP contribution in [0.5, 0.6) is 0 Å². The van der Waals surface area contributed by atoms with Crippen molar-refractivity contribution in [3.8, 4) is 0 Å². The SMILES string of the molecule is CNC(C)C=Cc1ccc(C(F)(F)F)cc1. The number of alkyl halides is 3. The molecule has 0 heterocycles. The molecule has 1 nitrogen and oxygen atoms in total. The van der Waals surface area contributed by atoms with E-state index in [-0.39, 0.29) is 6.04 Å². The third kappa shape index (κ3) is 3.70. The van der Waals surface area contributed by atoms with Crippen LogP contribution in [-0.2, 0) is 6.18 Å². The molecule has 1 N–H and O–H groups in total. The van der Waals surface area contributed by atoms with Crippen molar-refractivity contribution in [2.75, 3.05) is 7.05 Å². The van der Waals surface area contributed by atoms with E-state index in [9.17, 15) is 13.2 Å². The second-order valence-corrected chi connectivity index (χ2v) is 3.56. The standard InChI is InChI=1S/C12H14F3N/c1-9(16-2)3-4-10-5-7-11(8-6-10)12(13,14)15/h3-9,16H,1-2H3. The molecule has 0 aromatic heterocycles. The van der Waals surface area contributed by atoms with Gasteiger partial charge in [0.05, 0.1) is 5.56 Å². The number of likely N-dealkylation sites (N-methyl/N-ethyl adjacent to an activating group) is 1. The summed E-state index contributed by atoms with van der Waals surface area (Å²) < 4.78 is 36.8.